The molecule has 2 rings (SSSR count). The minimum Gasteiger partial charge on any atom is -0.321 e. The molecular weight excluding hydrogens is 455 g/mol. The molecule has 0 aliphatic rings. The van der Waals surface area contributed by atoms with Crippen molar-refractivity contribution in [1.29, 1.82) is 0 Å². The average Bonchev–Trinajstić information content (AvgIpc) is 2.99. The van der Waals surface area contributed by atoms with E-state index in [9.17, 15) is 31.2 Å². The van der Waals surface area contributed by atoms with E-state index < -0.39 is 34.1 Å². The summed E-state index contributed by atoms with van der Waals surface area (Å²) in [5, 5.41) is 5.86. The van der Waals surface area contributed by atoms with E-state index in [1.54, 1.807) is 33.8 Å². The first-order valence-corrected chi connectivity index (χ1v) is 11.3. The van der Waals surface area contributed by atoms with Crippen LogP contribution in [0.4, 0.5) is 23.9 Å². The minimum absolute atomic E-state index is 0.198. The highest BCUT2D eigenvalue weighted by molar-refractivity contribution is 7.89. The standard InChI is InChI=1S/C19H22F3N3O4S2/c1-11-9-14(25-17(27)18(2,3)4)30-15(11)16(26)24-12-5-7-13(8-6-12)31(28,29)23-10-19(20,21)22/h5-9,23H,10H2,1-4H3,(H,24,26)(H,25,27). The Morgan fingerprint density at radius 1 is 1.03 bits per heavy atom. The van der Waals surface area contributed by atoms with Gasteiger partial charge in [-0.25, -0.2) is 13.1 Å². The predicted molar refractivity (Wildman–Crippen MR) is 113 cm³/mol. The Kier molecular flexibility index (Phi) is 7.18. The van der Waals surface area contributed by atoms with Crippen LogP contribution in [0.1, 0.15) is 36.0 Å². The first-order chi connectivity index (χ1) is 14.1. The van der Waals surface area contributed by atoms with E-state index in [0.717, 1.165) is 23.5 Å². The molecule has 0 aliphatic carbocycles. The molecule has 12 heteroatoms. The number of rotatable bonds is 6. The van der Waals surface area contributed by atoms with Crippen LogP contribution in [0, 0.1) is 12.3 Å². The molecule has 0 fully saturated rings. The number of alkyl halides is 3. The summed E-state index contributed by atoms with van der Waals surface area (Å²) < 4.78 is 62.0. The zero-order valence-corrected chi connectivity index (χ0v) is 18.8. The third-order valence-electron chi connectivity index (χ3n) is 3.93. The predicted octanol–water partition coefficient (Wildman–Crippen LogP) is 4.13. The van der Waals surface area contributed by atoms with Gasteiger partial charge in [-0.15, -0.1) is 11.3 Å². The number of anilines is 2. The largest absolute Gasteiger partial charge is 0.402 e. The van der Waals surface area contributed by atoms with Crippen molar-refractivity contribution in [2.45, 2.75) is 38.8 Å². The van der Waals surface area contributed by atoms with Crippen molar-refractivity contribution in [1.82, 2.24) is 4.72 Å². The lowest BCUT2D eigenvalue weighted by Gasteiger charge is -2.16. The van der Waals surface area contributed by atoms with Crippen LogP contribution in [0.2, 0.25) is 0 Å². The molecule has 0 bridgehead atoms. The maximum atomic E-state index is 12.6. The van der Waals surface area contributed by atoms with Gasteiger partial charge in [-0.05, 0) is 42.8 Å². The summed E-state index contributed by atoms with van der Waals surface area (Å²) in [4.78, 5) is 24.7. The summed E-state index contributed by atoms with van der Waals surface area (Å²) in [7, 11) is -4.34. The van der Waals surface area contributed by atoms with Gasteiger partial charge in [0.15, 0.2) is 0 Å². The molecule has 0 saturated heterocycles. The molecule has 3 N–H and O–H groups in total. The van der Waals surface area contributed by atoms with E-state index >= 15 is 0 Å². The lowest BCUT2D eigenvalue weighted by molar-refractivity contribution is -0.123. The molecule has 0 saturated carbocycles. The summed E-state index contributed by atoms with van der Waals surface area (Å²) in [5.74, 6) is -0.666. The number of halogens is 3. The Balaban J connectivity index is 2.09. The van der Waals surface area contributed by atoms with Crippen LogP contribution >= 0.6 is 11.3 Å². The molecular formula is C19H22F3N3O4S2. The van der Waals surface area contributed by atoms with Crippen LogP contribution in [0.15, 0.2) is 35.2 Å². The number of nitrogens with one attached hydrogen (secondary N) is 3. The van der Waals surface area contributed by atoms with E-state index in [2.05, 4.69) is 10.6 Å². The first-order valence-electron chi connectivity index (χ1n) is 8.98. The molecule has 1 heterocycles. The van der Waals surface area contributed by atoms with Gasteiger partial charge in [-0.3, -0.25) is 9.59 Å². The Hall–Kier alpha value is -2.44. The van der Waals surface area contributed by atoms with Crippen molar-refractivity contribution in [2.24, 2.45) is 5.41 Å². The van der Waals surface area contributed by atoms with Crippen molar-refractivity contribution in [3.05, 3.63) is 40.8 Å². The van der Waals surface area contributed by atoms with E-state index in [1.165, 1.54) is 16.9 Å². The number of hydrogen-bond donors (Lipinski definition) is 3. The van der Waals surface area contributed by atoms with E-state index in [-0.39, 0.29) is 16.5 Å². The number of hydrogen-bond acceptors (Lipinski definition) is 5. The fourth-order valence-corrected chi connectivity index (χ4v) is 4.21. The van der Waals surface area contributed by atoms with Crippen molar-refractivity contribution in [2.75, 3.05) is 17.2 Å². The van der Waals surface area contributed by atoms with E-state index in [1.807, 2.05) is 0 Å². The van der Waals surface area contributed by atoms with Gasteiger partial charge in [0.25, 0.3) is 5.91 Å². The SMILES string of the molecule is Cc1cc(NC(=O)C(C)(C)C)sc1C(=O)Nc1ccc(S(=O)(=O)NCC(F)(F)F)cc1. The number of amides is 2. The summed E-state index contributed by atoms with van der Waals surface area (Å²) in [6.45, 7) is 5.32. The molecule has 0 aliphatic heterocycles. The maximum absolute atomic E-state index is 12.6. The highest BCUT2D eigenvalue weighted by Crippen LogP contribution is 2.29. The quantitative estimate of drug-likeness (QED) is 0.582. The Bertz CT molecular complexity index is 1070. The molecule has 2 aromatic rings. The summed E-state index contributed by atoms with van der Waals surface area (Å²) >= 11 is 1.09. The third kappa shape index (κ3) is 7.04. The summed E-state index contributed by atoms with van der Waals surface area (Å²) in [5.41, 5.74) is 0.298. The van der Waals surface area contributed by atoms with Crippen LogP contribution in [-0.4, -0.2) is 33.0 Å². The topological polar surface area (TPSA) is 104 Å². The molecule has 0 atom stereocenters. The van der Waals surface area contributed by atoms with Crippen LogP contribution in [0.25, 0.3) is 0 Å². The maximum Gasteiger partial charge on any atom is 0.402 e. The molecule has 0 unspecified atom stereocenters. The summed E-state index contributed by atoms with van der Waals surface area (Å²) in [6, 6.07) is 6.39. The molecule has 1 aromatic heterocycles. The van der Waals surface area contributed by atoms with Gasteiger partial charge in [-0.1, -0.05) is 20.8 Å². The zero-order chi connectivity index (χ0) is 23.6. The van der Waals surface area contributed by atoms with Crippen LogP contribution in [-0.2, 0) is 14.8 Å². The van der Waals surface area contributed by atoms with Gasteiger partial charge in [0.1, 0.15) is 6.54 Å². The third-order valence-corrected chi connectivity index (χ3v) is 6.50. The second-order valence-electron chi connectivity index (χ2n) is 7.75. The number of thiophene rings is 1. The molecule has 0 spiro atoms. The first kappa shape index (κ1) is 24.8. The van der Waals surface area contributed by atoms with Gasteiger partial charge < -0.3 is 10.6 Å². The Labute approximate surface area is 182 Å². The van der Waals surface area contributed by atoms with E-state index in [0.29, 0.717) is 15.4 Å². The number of sulfonamides is 1. The smallest absolute Gasteiger partial charge is 0.321 e. The van der Waals surface area contributed by atoms with Gasteiger partial charge in [0.05, 0.1) is 14.8 Å². The van der Waals surface area contributed by atoms with Gasteiger partial charge >= 0.3 is 6.18 Å². The normalized spacial score (nSPS) is 12.5. The number of carbonyl (C=O) groups is 2. The number of benzene rings is 1. The molecule has 7 nitrogen and oxygen atoms in total. The fraction of sp³-hybridized carbons (Fsp3) is 0.368. The fourth-order valence-electron chi connectivity index (χ4n) is 2.23. The van der Waals surface area contributed by atoms with Crippen LogP contribution in [0.5, 0.6) is 0 Å². The molecule has 170 valence electrons. The van der Waals surface area contributed by atoms with Crippen LogP contribution < -0.4 is 15.4 Å². The number of carbonyl (C=O) groups excluding carboxylic acids is 2. The van der Waals surface area contributed by atoms with Gasteiger partial charge in [0.2, 0.25) is 15.9 Å². The van der Waals surface area contributed by atoms with Gasteiger partial charge in [0, 0.05) is 11.1 Å². The molecule has 31 heavy (non-hydrogen) atoms. The van der Waals surface area contributed by atoms with Crippen LogP contribution in [0.3, 0.4) is 0 Å². The van der Waals surface area contributed by atoms with Crippen molar-refractivity contribution in [3.63, 3.8) is 0 Å². The van der Waals surface area contributed by atoms with Gasteiger partial charge in [-0.2, -0.15) is 13.2 Å². The summed E-state index contributed by atoms with van der Waals surface area (Å²) in [6.07, 6.45) is -4.68. The monoisotopic (exact) mass is 477 g/mol. The van der Waals surface area contributed by atoms with Crippen molar-refractivity contribution < 1.29 is 31.2 Å². The van der Waals surface area contributed by atoms with E-state index in [4.69, 9.17) is 0 Å². The highest BCUT2D eigenvalue weighted by Gasteiger charge is 2.30. The lowest BCUT2D eigenvalue weighted by atomic mass is 9.96. The average molecular weight is 478 g/mol. The highest BCUT2D eigenvalue weighted by atomic mass is 32.2. The second-order valence-corrected chi connectivity index (χ2v) is 10.6. The van der Waals surface area contributed by atoms with Crippen molar-refractivity contribution in [3.8, 4) is 0 Å². The Morgan fingerprint density at radius 3 is 2.13 bits per heavy atom. The molecule has 1 aromatic carbocycles. The van der Waals surface area contributed by atoms with Crippen molar-refractivity contribution >= 4 is 43.9 Å². The zero-order valence-electron chi connectivity index (χ0n) is 17.2. The second kappa shape index (κ2) is 8.97. The molecule has 0 radical (unpaired) electrons. The molecule has 2 amide bonds. The number of aryl methyl sites for hydroxylation is 1. The minimum atomic E-state index is -4.68. The lowest BCUT2D eigenvalue weighted by Crippen LogP contribution is -2.33. The Morgan fingerprint density at radius 2 is 1.61 bits per heavy atom.